The first-order valence-corrected chi connectivity index (χ1v) is 9.25. The van der Waals surface area contributed by atoms with E-state index in [0.717, 1.165) is 12.8 Å². The predicted octanol–water partition coefficient (Wildman–Crippen LogP) is 3.91. The molecule has 0 aromatic heterocycles. The predicted molar refractivity (Wildman–Crippen MR) is 83.5 cm³/mol. The number of rotatable bonds is 7. The number of halogens is 2. The van der Waals surface area contributed by atoms with Gasteiger partial charge in [-0.3, -0.25) is 0 Å². The van der Waals surface area contributed by atoms with Gasteiger partial charge in [0.05, 0.1) is 5.02 Å². The normalized spacial score (nSPS) is 12.3. The van der Waals surface area contributed by atoms with Crippen LogP contribution in [0.5, 0.6) is 0 Å². The lowest BCUT2D eigenvalue weighted by atomic mass is 10.2. The molecule has 0 aliphatic rings. The fourth-order valence-electron chi connectivity index (χ4n) is 2.06. The van der Waals surface area contributed by atoms with Crippen molar-refractivity contribution in [2.75, 3.05) is 11.9 Å². The molecule has 0 N–H and O–H groups in total. The maximum absolute atomic E-state index is 12.7. The Morgan fingerprint density at radius 3 is 2.32 bits per heavy atom. The van der Waals surface area contributed by atoms with Gasteiger partial charge in [0.1, 0.15) is 4.90 Å². The highest BCUT2D eigenvalue weighted by Gasteiger charge is 2.30. The Hall–Kier alpha value is -0.100. The summed E-state index contributed by atoms with van der Waals surface area (Å²) < 4.78 is 27.0. The molecule has 0 saturated heterocycles. The molecule has 0 fully saturated rings. The van der Waals surface area contributed by atoms with Crippen molar-refractivity contribution in [3.63, 3.8) is 0 Å². The number of sulfonamides is 1. The molecular formula is C13H19BrClNO2S. The van der Waals surface area contributed by atoms with Gasteiger partial charge in [-0.25, -0.2) is 8.42 Å². The van der Waals surface area contributed by atoms with Gasteiger partial charge in [0, 0.05) is 17.9 Å². The molecule has 0 saturated carbocycles. The second-order valence-corrected chi connectivity index (χ2v) is 7.26. The van der Waals surface area contributed by atoms with Crippen LogP contribution in [-0.4, -0.2) is 30.6 Å². The van der Waals surface area contributed by atoms with E-state index in [1.165, 1.54) is 0 Å². The highest BCUT2D eigenvalue weighted by molar-refractivity contribution is 9.09. The molecule has 0 amide bonds. The van der Waals surface area contributed by atoms with E-state index in [9.17, 15) is 8.42 Å². The Morgan fingerprint density at radius 1 is 1.26 bits per heavy atom. The van der Waals surface area contributed by atoms with Gasteiger partial charge in [-0.15, -0.1) is 0 Å². The van der Waals surface area contributed by atoms with E-state index in [2.05, 4.69) is 15.9 Å². The van der Waals surface area contributed by atoms with Crippen molar-refractivity contribution in [1.82, 2.24) is 4.31 Å². The smallest absolute Gasteiger partial charge is 0.207 e. The van der Waals surface area contributed by atoms with Gasteiger partial charge in [0.25, 0.3) is 0 Å². The lowest BCUT2D eigenvalue weighted by molar-refractivity contribution is 0.317. The molecule has 0 aliphatic heterocycles. The average molecular weight is 369 g/mol. The third kappa shape index (κ3) is 3.94. The van der Waals surface area contributed by atoms with E-state index < -0.39 is 10.0 Å². The number of alkyl halides is 1. The average Bonchev–Trinajstić information content (AvgIpc) is 2.39. The van der Waals surface area contributed by atoms with Crippen LogP contribution in [-0.2, 0) is 10.0 Å². The van der Waals surface area contributed by atoms with Gasteiger partial charge in [0.15, 0.2) is 0 Å². The van der Waals surface area contributed by atoms with Crippen LogP contribution in [0, 0.1) is 0 Å². The quantitative estimate of drug-likeness (QED) is 0.684. The molecule has 108 valence electrons. The van der Waals surface area contributed by atoms with Crippen LogP contribution < -0.4 is 0 Å². The largest absolute Gasteiger partial charge is 0.244 e. The van der Waals surface area contributed by atoms with Crippen LogP contribution in [0.2, 0.25) is 5.02 Å². The summed E-state index contributed by atoms with van der Waals surface area (Å²) >= 11 is 9.35. The zero-order valence-electron chi connectivity index (χ0n) is 11.1. The van der Waals surface area contributed by atoms with Crippen molar-refractivity contribution in [2.45, 2.75) is 37.6 Å². The zero-order chi connectivity index (χ0) is 14.5. The van der Waals surface area contributed by atoms with Crippen molar-refractivity contribution in [2.24, 2.45) is 0 Å². The minimum atomic E-state index is -3.55. The molecule has 0 unspecified atom stereocenters. The molecule has 1 rings (SSSR count). The number of hydrogen-bond acceptors (Lipinski definition) is 2. The Bertz CT molecular complexity index is 503. The molecule has 0 atom stereocenters. The first kappa shape index (κ1) is 17.0. The summed E-state index contributed by atoms with van der Waals surface area (Å²) in [6, 6.07) is 6.58. The summed E-state index contributed by atoms with van der Waals surface area (Å²) in [7, 11) is -3.55. The summed E-state index contributed by atoms with van der Waals surface area (Å²) in [4.78, 5) is 0.185. The van der Waals surface area contributed by atoms with E-state index in [0.29, 0.717) is 11.9 Å². The Balaban J connectivity index is 3.24. The van der Waals surface area contributed by atoms with Crippen LogP contribution >= 0.6 is 27.5 Å². The number of benzene rings is 1. The van der Waals surface area contributed by atoms with Gasteiger partial charge in [-0.2, -0.15) is 4.31 Å². The molecule has 0 radical (unpaired) electrons. The molecule has 19 heavy (non-hydrogen) atoms. The standard InChI is InChI=1S/C13H19BrClNO2S/c1-3-11(4-2)16(10-9-14)19(17,18)13-8-6-5-7-12(13)15/h5-8,11H,3-4,9-10H2,1-2H3. The van der Waals surface area contributed by atoms with E-state index >= 15 is 0 Å². The van der Waals surface area contributed by atoms with Crippen molar-refractivity contribution in [1.29, 1.82) is 0 Å². The Labute approximate surface area is 129 Å². The lowest BCUT2D eigenvalue weighted by Crippen LogP contribution is -2.41. The first-order chi connectivity index (χ1) is 8.98. The van der Waals surface area contributed by atoms with E-state index in [-0.39, 0.29) is 16.0 Å². The van der Waals surface area contributed by atoms with Gasteiger partial charge < -0.3 is 0 Å². The number of nitrogens with zero attached hydrogens (tertiary/aromatic N) is 1. The summed E-state index contributed by atoms with van der Waals surface area (Å²) in [5.74, 6) is 0. The maximum atomic E-state index is 12.7. The Kier molecular flexibility index (Phi) is 6.80. The van der Waals surface area contributed by atoms with Crippen molar-refractivity contribution >= 4 is 37.6 Å². The first-order valence-electron chi connectivity index (χ1n) is 6.31. The van der Waals surface area contributed by atoms with Crippen molar-refractivity contribution in [3.05, 3.63) is 29.3 Å². The lowest BCUT2D eigenvalue weighted by Gasteiger charge is -2.29. The van der Waals surface area contributed by atoms with Crippen LogP contribution in [0.3, 0.4) is 0 Å². The second-order valence-electron chi connectivity index (χ2n) is 4.21. The van der Waals surface area contributed by atoms with Crippen molar-refractivity contribution < 1.29 is 8.42 Å². The minimum Gasteiger partial charge on any atom is -0.207 e. The van der Waals surface area contributed by atoms with Crippen LogP contribution in [0.25, 0.3) is 0 Å². The highest BCUT2D eigenvalue weighted by Crippen LogP contribution is 2.27. The monoisotopic (exact) mass is 367 g/mol. The molecule has 0 spiro atoms. The molecule has 1 aromatic carbocycles. The Morgan fingerprint density at radius 2 is 1.84 bits per heavy atom. The molecule has 6 heteroatoms. The van der Waals surface area contributed by atoms with Gasteiger partial charge in [0.2, 0.25) is 10.0 Å². The molecular weight excluding hydrogens is 350 g/mol. The van der Waals surface area contributed by atoms with Crippen LogP contribution in [0.1, 0.15) is 26.7 Å². The summed E-state index contributed by atoms with van der Waals surface area (Å²) in [5.41, 5.74) is 0. The summed E-state index contributed by atoms with van der Waals surface area (Å²) in [6.07, 6.45) is 1.57. The van der Waals surface area contributed by atoms with Gasteiger partial charge in [-0.05, 0) is 25.0 Å². The molecule has 0 heterocycles. The second kappa shape index (κ2) is 7.62. The molecule has 3 nitrogen and oxygen atoms in total. The molecule has 1 aromatic rings. The van der Waals surface area contributed by atoms with E-state index in [4.69, 9.17) is 11.6 Å². The third-order valence-corrected chi connectivity index (χ3v) is 5.88. The maximum Gasteiger partial charge on any atom is 0.244 e. The van der Waals surface area contributed by atoms with E-state index in [1.54, 1.807) is 28.6 Å². The third-order valence-electron chi connectivity index (χ3n) is 3.08. The molecule has 0 aliphatic carbocycles. The number of hydrogen-bond donors (Lipinski definition) is 0. The van der Waals surface area contributed by atoms with Crippen LogP contribution in [0.4, 0.5) is 0 Å². The fraction of sp³-hybridized carbons (Fsp3) is 0.538. The molecule has 0 bridgehead atoms. The highest BCUT2D eigenvalue weighted by atomic mass is 79.9. The van der Waals surface area contributed by atoms with Crippen LogP contribution in [0.15, 0.2) is 29.2 Å². The summed E-state index contributed by atoms with van der Waals surface area (Å²) in [6.45, 7) is 4.44. The van der Waals surface area contributed by atoms with E-state index in [1.807, 2.05) is 13.8 Å². The minimum absolute atomic E-state index is 0.00109. The van der Waals surface area contributed by atoms with Gasteiger partial charge in [-0.1, -0.05) is 53.5 Å². The fourth-order valence-corrected chi connectivity index (χ4v) is 4.94. The zero-order valence-corrected chi connectivity index (χ0v) is 14.3. The van der Waals surface area contributed by atoms with Crippen molar-refractivity contribution in [3.8, 4) is 0 Å². The topological polar surface area (TPSA) is 37.4 Å². The summed E-state index contributed by atoms with van der Waals surface area (Å²) in [5, 5.41) is 0.876. The SMILES string of the molecule is CCC(CC)N(CCBr)S(=O)(=O)c1ccccc1Cl. The van der Waals surface area contributed by atoms with Gasteiger partial charge >= 0.3 is 0 Å².